The van der Waals surface area contributed by atoms with Crippen molar-refractivity contribution in [2.24, 2.45) is 0 Å². The highest BCUT2D eigenvalue weighted by Gasteiger charge is 2.21. The largest absolute Gasteiger partial charge is 0.507 e. The SMILES string of the molecule is O=C(c1ccccc1O)[N+](=O)[O-]. The first-order valence-corrected chi connectivity index (χ1v) is 3.09. The van der Waals surface area contributed by atoms with Gasteiger partial charge in [0.1, 0.15) is 16.2 Å². The van der Waals surface area contributed by atoms with Crippen LogP contribution < -0.4 is 0 Å². The van der Waals surface area contributed by atoms with Crippen molar-refractivity contribution in [3.05, 3.63) is 39.9 Å². The molecule has 0 aliphatic rings. The Hall–Kier alpha value is -1.91. The molecule has 1 aromatic carbocycles. The van der Waals surface area contributed by atoms with Gasteiger partial charge >= 0.3 is 5.91 Å². The van der Waals surface area contributed by atoms with E-state index in [9.17, 15) is 14.9 Å². The fourth-order valence-electron chi connectivity index (χ4n) is 0.753. The zero-order valence-electron chi connectivity index (χ0n) is 5.93. The second-order valence-corrected chi connectivity index (χ2v) is 2.08. The van der Waals surface area contributed by atoms with Crippen molar-refractivity contribution in [2.45, 2.75) is 0 Å². The van der Waals surface area contributed by atoms with Crippen LogP contribution in [0.2, 0.25) is 0 Å². The Morgan fingerprint density at radius 2 is 2.00 bits per heavy atom. The van der Waals surface area contributed by atoms with E-state index < -0.39 is 10.8 Å². The molecule has 1 aromatic rings. The van der Waals surface area contributed by atoms with Crippen molar-refractivity contribution in [3.63, 3.8) is 0 Å². The van der Waals surface area contributed by atoms with Crippen LogP contribution in [0.3, 0.4) is 0 Å². The lowest BCUT2D eigenvalue weighted by molar-refractivity contribution is -0.375. The van der Waals surface area contributed by atoms with Crippen molar-refractivity contribution in [1.82, 2.24) is 0 Å². The predicted molar refractivity (Wildman–Crippen MR) is 39.4 cm³/mol. The Morgan fingerprint density at radius 3 is 2.50 bits per heavy atom. The van der Waals surface area contributed by atoms with Crippen LogP contribution in [0.25, 0.3) is 0 Å². The number of carbonyl (C=O) groups excluding carboxylic acids is 1. The van der Waals surface area contributed by atoms with E-state index in [-0.39, 0.29) is 11.3 Å². The summed E-state index contributed by atoms with van der Waals surface area (Å²) >= 11 is 0. The summed E-state index contributed by atoms with van der Waals surface area (Å²) in [6, 6.07) is 5.33. The molecule has 0 atom stereocenters. The topological polar surface area (TPSA) is 80.4 Å². The van der Waals surface area contributed by atoms with Gasteiger partial charge in [-0.2, -0.15) is 0 Å². The average Bonchev–Trinajstić information content (AvgIpc) is 2.04. The summed E-state index contributed by atoms with van der Waals surface area (Å²) in [7, 11) is 0. The fraction of sp³-hybridized carbons (Fsp3) is 0. The zero-order valence-corrected chi connectivity index (χ0v) is 5.93. The number of benzene rings is 1. The van der Waals surface area contributed by atoms with Gasteiger partial charge in [-0.05, 0) is 12.1 Å². The third-order valence-corrected chi connectivity index (χ3v) is 1.30. The van der Waals surface area contributed by atoms with Crippen molar-refractivity contribution in [2.75, 3.05) is 0 Å². The summed E-state index contributed by atoms with van der Waals surface area (Å²) in [6.45, 7) is 0. The number of phenolic OH excluding ortho intramolecular Hbond substituents is 1. The van der Waals surface area contributed by atoms with E-state index in [1.165, 1.54) is 24.3 Å². The molecule has 1 N–H and O–H groups in total. The summed E-state index contributed by atoms with van der Waals surface area (Å²) in [5.74, 6) is -1.67. The molecule has 0 spiro atoms. The molecule has 1 rings (SSSR count). The molecular weight excluding hydrogens is 162 g/mol. The smallest absolute Gasteiger partial charge is 0.480 e. The van der Waals surface area contributed by atoms with Crippen LogP contribution in [0.5, 0.6) is 5.75 Å². The van der Waals surface area contributed by atoms with Gasteiger partial charge in [-0.3, -0.25) is 10.1 Å². The van der Waals surface area contributed by atoms with Crippen LogP contribution in [0.15, 0.2) is 24.3 Å². The van der Waals surface area contributed by atoms with Gasteiger partial charge in [0, 0.05) is 0 Å². The summed E-state index contributed by atoms with van der Waals surface area (Å²) in [4.78, 5) is 19.6. The van der Waals surface area contributed by atoms with Gasteiger partial charge in [0.15, 0.2) is 0 Å². The molecule has 0 unspecified atom stereocenters. The molecule has 0 radical (unpaired) electrons. The summed E-state index contributed by atoms with van der Waals surface area (Å²) in [5, 5.41) is 19.0. The predicted octanol–water partition coefficient (Wildman–Crippen LogP) is 0.809. The monoisotopic (exact) mass is 167 g/mol. The van der Waals surface area contributed by atoms with E-state index in [0.29, 0.717) is 0 Å². The Bertz CT molecular complexity index is 334. The maximum absolute atomic E-state index is 10.7. The molecule has 0 aliphatic heterocycles. The average molecular weight is 167 g/mol. The second-order valence-electron chi connectivity index (χ2n) is 2.08. The maximum atomic E-state index is 10.7. The molecule has 0 saturated heterocycles. The zero-order chi connectivity index (χ0) is 9.14. The first-order valence-electron chi connectivity index (χ1n) is 3.09. The molecule has 5 heteroatoms. The van der Waals surface area contributed by atoms with Crippen molar-refractivity contribution in [3.8, 4) is 5.75 Å². The number of carbonyl (C=O) groups is 1. The second kappa shape index (κ2) is 3.00. The molecule has 0 aromatic heterocycles. The first-order chi connectivity index (χ1) is 5.63. The fourth-order valence-corrected chi connectivity index (χ4v) is 0.753. The lowest BCUT2D eigenvalue weighted by Crippen LogP contribution is -2.11. The highest BCUT2D eigenvalue weighted by molar-refractivity contribution is 5.90. The molecule has 0 aliphatic carbocycles. The summed E-state index contributed by atoms with van der Waals surface area (Å²) in [6.07, 6.45) is 0. The molecular formula is C7H5NO4. The molecule has 0 heterocycles. The minimum absolute atomic E-state index is 0.289. The molecule has 12 heavy (non-hydrogen) atoms. The number of rotatable bonds is 1. The highest BCUT2D eigenvalue weighted by Crippen LogP contribution is 2.15. The van der Waals surface area contributed by atoms with Crippen LogP contribution in [0.4, 0.5) is 0 Å². The quantitative estimate of drug-likeness (QED) is 0.495. The van der Waals surface area contributed by atoms with E-state index >= 15 is 0 Å². The minimum atomic E-state index is -1.30. The number of para-hydroxylation sites is 1. The van der Waals surface area contributed by atoms with Gasteiger partial charge in [-0.1, -0.05) is 12.1 Å². The maximum Gasteiger partial charge on any atom is 0.480 e. The first kappa shape index (κ1) is 8.19. The lowest BCUT2D eigenvalue weighted by atomic mass is 10.2. The molecule has 0 fully saturated rings. The van der Waals surface area contributed by atoms with Crippen molar-refractivity contribution in [1.29, 1.82) is 0 Å². The molecule has 0 saturated carbocycles. The number of nitrogens with zero attached hydrogens (tertiary/aromatic N) is 1. The Kier molecular flexibility index (Phi) is 2.05. The lowest BCUT2D eigenvalue weighted by Gasteiger charge is -1.94. The molecule has 5 nitrogen and oxygen atoms in total. The molecule has 62 valence electrons. The number of hydrogen-bond donors (Lipinski definition) is 1. The third kappa shape index (κ3) is 1.39. The van der Waals surface area contributed by atoms with E-state index in [2.05, 4.69) is 0 Å². The van der Waals surface area contributed by atoms with Gasteiger partial charge < -0.3 is 5.11 Å². The van der Waals surface area contributed by atoms with Crippen molar-refractivity contribution >= 4 is 5.91 Å². The number of aromatic hydroxyl groups is 1. The van der Waals surface area contributed by atoms with E-state index in [1.807, 2.05) is 0 Å². The minimum Gasteiger partial charge on any atom is -0.507 e. The Balaban J connectivity index is 3.11. The normalized spacial score (nSPS) is 9.33. The van der Waals surface area contributed by atoms with Gasteiger partial charge in [0.2, 0.25) is 0 Å². The standard InChI is InChI=1S/C7H5NO4/c9-6-4-2-1-3-5(6)7(10)8(11)12/h1-4,9H. The molecule has 0 bridgehead atoms. The Morgan fingerprint density at radius 1 is 1.42 bits per heavy atom. The van der Waals surface area contributed by atoms with Crippen LogP contribution >= 0.6 is 0 Å². The van der Waals surface area contributed by atoms with Gasteiger partial charge in [-0.15, -0.1) is 0 Å². The van der Waals surface area contributed by atoms with Crippen LogP contribution in [0, 0.1) is 10.1 Å². The summed E-state index contributed by atoms with van der Waals surface area (Å²) < 4.78 is 0. The van der Waals surface area contributed by atoms with E-state index in [4.69, 9.17) is 5.11 Å². The number of amides is 1. The third-order valence-electron chi connectivity index (χ3n) is 1.30. The Labute approximate surface area is 67.4 Å². The molecule has 1 amide bonds. The van der Waals surface area contributed by atoms with Gasteiger partial charge in [0.25, 0.3) is 0 Å². The van der Waals surface area contributed by atoms with Crippen LogP contribution in [0.1, 0.15) is 10.4 Å². The van der Waals surface area contributed by atoms with Gasteiger partial charge in [0.05, 0.1) is 0 Å². The van der Waals surface area contributed by atoms with Crippen LogP contribution in [-0.2, 0) is 0 Å². The number of hydrogen-bond acceptors (Lipinski definition) is 4. The number of phenols is 1. The van der Waals surface area contributed by atoms with Crippen LogP contribution in [-0.4, -0.2) is 15.9 Å². The summed E-state index contributed by atoms with van der Waals surface area (Å²) in [5.41, 5.74) is -0.289. The van der Waals surface area contributed by atoms with Crippen molar-refractivity contribution < 1.29 is 14.8 Å². The van der Waals surface area contributed by atoms with E-state index in [0.717, 1.165) is 0 Å². The number of nitro groups is 1. The van der Waals surface area contributed by atoms with Gasteiger partial charge in [-0.25, -0.2) is 4.79 Å². The highest BCUT2D eigenvalue weighted by atomic mass is 16.6. The van der Waals surface area contributed by atoms with E-state index in [1.54, 1.807) is 0 Å².